The molecule has 0 aliphatic carbocycles. The number of methoxy groups -OCH3 is 1. The van der Waals surface area contributed by atoms with Gasteiger partial charge < -0.3 is 20.7 Å². The summed E-state index contributed by atoms with van der Waals surface area (Å²) in [5, 5.41) is 13.1. The predicted octanol–water partition coefficient (Wildman–Crippen LogP) is 1.35. The summed E-state index contributed by atoms with van der Waals surface area (Å²) in [5.74, 6) is -0.986. The Kier molecular flexibility index (Phi) is 6.96. The van der Waals surface area contributed by atoms with Crippen LogP contribution in [0.15, 0.2) is 36.5 Å². The molecule has 1 fully saturated rings. The lowest BCUT2D eigenvalue weighted by atomic mass is 10.1. The number of nitrogens with zero attached hydrogens (tertiary/aromatic N) is 2. The molecule has 1 aliphatic heterocycles. The first-order chi connectivity index (χ1) is 14.1. The average Bonchev–Trinajstić information content (AvgIpc) is 3.25. The molecule has 2 aromatic rings. The fourth-order valence-electron chi connectivity index (χ4n) is 3.10. The van der Waals surface area contributed by atoms with Gasteiger partial charge in [0.2, 0.25) is 0 Å². The second-order valence-electron chi connectivity index (χ2n) is 6.79. The van der Waals surface area contributed by atoms with Crippen LogP contribution in [0.4, 0.5) is 5.69 Å². The van der Waals surface area contributed by atoms with Crippen LogP contribution in [0.5, 0.6) is 0 Å². The van der Waals surface area contributed by atoms with Gasteiger partial charge in [0.25, 0.3) is 11.8 Å². The number of ether oxygens (including phenoxy) is 1. The van der Waals surface area contributed by atoms with Crippen LogP contribution in [-0.2, 0) is 9.53 Å². The van der Waals surface area contributed by atoms with Crippen molar-refractivity contribution in [2.75, 3.05) is 32.1 Å². The first-order valence-electron chi connectivity index (χ1n) is 9.59. The molecular formula is C20H25N5O4. The molecule has 1 aromatic heterocycles. The summed E-state index contributed by atoms with van der Waals surface area (Å²) in [6.07, 6.45) is 4.07. The highest BCUT2D eigenvalue weighted by molar-refractivity contribution is 6.03. The van der Waals surface area contributed by atoms with E-state index in [2.05, 4.69) is 25.8 Å². The van der Waals surface area contributed by atoms with Crippen molar-refractivity contribution in [3.8, 4) is 0 Å². The van der Waals surface area contributed by atoms with Crippen molar-refractivity contribution in [3.05, 3.63) is 47.8 Å². The number of piperidine rings is 1. The van der Waals surface area contributed by atoms with Gasteiger partial charge in [-0.3, -0.25) is 19.1 Å². The monoisotopic (exact) mass is 399 g/mol. The van der Waals surface area contributed by atoms with E-state index in [9.17, 15) is 14.4 Å². The summed E-state index contributed by atoms with van der Waals surface area (Å²) >= 11 is 0. The molecule has 0 saturated carbocycles. The third-order valence-corrected chi connectivity index (χ3v) is 4.73. The molecule has 29 heavy (non-hydrogen) atoms. The Morgan fingerprint density at radius 1 is 1.21 bits per heavy atom. The van der Waals surface area contributed by atoms with E-state index in [1.54, 1.807) is 30.3 Å². The zero-order valence-electron chi connectivity index (χ0n) is 16.3. The van der Waals surface area contributed by atoms with Crippen LogP contribution in [0, 0.1) is 0 Å². The summed E-state index contributed by atoms with van der Waals surface area (Å²) in [7, 11) is 1.30. The maximum Gasteiger partial charge on any atom is 0.307 e. The number of amides is 2. The predicted molar refractivity (Wildman–Crippen MR) is 107 cm³/mol. The maximum atomic E-state index is 12.4. The van der Waals surface area contributed by atoms with E-state index >= 15 is 0 Å². The highest BCUT2D eigenvalue weighted by Gasteiger charge is 2.18. The summed E-state index contributed by atoms with van der Waals surface area (Å²) in [4.78, 5) is 35.6. The lowest BCUT2D eigenvalue weighted by molar-refractivity contribution is -0.140. The highest BCUT2D eigenvalue weighted by atomic mass is 16.5. The number of nitrogens with one attached hydrogen (secondary N) is 3. The van der Waals surface area contributed by atoms with Gasteiger partial charge in [-0.2, -0.15) is 5.10 Å². The summed E-state index contributed by atoms with van der Waals surface area (Å²) in [6.45, 7) is 2.07. The van der Waals surface area contributed by atoms with E-state index in [0.717, 1.165) is 25.9 Å². The van der Waals surface area contributed by atoms with Crippen LogP contribution < -0.4 is 16.0 Å². The fraction of sp³-hybridized carbons (Fsp3) is 0.400. The van der Waals surface area contributed by atoms with Crippen molar-refractivity contribution in [2.45, 2.75) is 25.3 Å². The number of carbonyl (C=O) groups excluding carboxylic acids is 3. The van der Waals surface area contributed by atoms with Crippen molar-refractivity contribution in [2.24, 2.45) is 0 Å². The molecule has 3 rings (SSSR count). The van der Waals surface area contributed by atoms with E-state index in [0.29, 0.717) is 16.9 Å². The molecule has 2 amide bonds. The Labute approximate surface area is 168 Å². The van der Waals surface area contributed by atoms with Crippen molar-refractivity contribution < 1.29 is 19.1 Å². The van der Waals surface area contributed by atoms with Gasteiger partial charge in [0, 0.05) is 30.5 Å². The molecule has 1 unspecified atom stereocenters. The standard InChI is InChI=1S/C20H25N5O4/c1-29-18(26)8-11-22-19(27)14-4-6-15(7-5-14)23-20(28)17-9-12-25(24-17)16-3-2-10-21-13-16/h4-7,9,12,16,21H,2-3,8,10-11,13H2,1H3,(H,22,27)(H,23,28). The van der Waals surface area contributed by atoms with Gasteiger partial charge in [0.15, 0.2) is 5.69 Å². The largest absolute Gasteiger partial charge is 0.469 e. The second-order valence-corrected chi connectivity index (χ2v) is 6.79. The van der Waals surface area contributed by atoms with Gasteiger partial charge in [-0.1, -0.05) is 0 Å². The van der Waals surface area contributed by atoms with Gasteiger partial charge in [0.1, 0.15) is 0 Å². The minimum Gasteiger partial charge on any atom is -0.469 e. The van der Waals surface area contributed by atoms with Gasteiger partial charge in [-0.25, -0.2) is 0 Å². The second kappa shape index (κ2) is 9.83. The normalized spacial score (nSPS) is 16.1. The number of carbonyl (C=O) groups is 3. The third kappa shape index (κ3) is 5.64. The van der Waals surface area contributed by atoms with Crippen LogP contribution >= 0.6 is 0 Å². The molecule has 0 bridgehead atoms. The zero-order chi connectivity index (χ0) is 20.6. The quantitative estimate of drug-likeness (QED) is 0.606. The van der Waals surface area contributed by atoms with E-state index in [1.165, 1.54) is 7.11 Å². The highest BCUT2D eigenvalue weighted by Crippen LogP contribution is 2.16. The Balaban J connectivity index is 1.52. The molecule has 3 N–H and O–H groups in total. The zero-order valence-corrected chi connectivity index (χ0v) is 16.3. The van der Waals surface area contributed by atoms with Gasteiger partial charge in [-0.15, -0.1) is 0 Å². The first-order valence-corrected chi connectivity index (χ1v) is 9.59. The van der Waals surface area contributed by atoms with Crippen molar-refractivity contribution >= 4 is 23.5 Å². The topological polar surface area (TPSA) is 114 Å². The molecule has 9 nitrogen and oxygen atoms in total. The lowest BCUT2D eigenvalue weighted by Crippen LogP contribution is -2.32. The maximum absolute atomic E-state index is 12.4. The average molecular weight is 399 g/mol. The summed E-state index contributed by atoms with van der Waals surface area (Å²) in [5.41, 5.74) is 1.34. The molecule has 9 heteroatoms. The minimum atomic E-state index is -0.384. The molecule has 154 valence electrons. The number of esters is 1. The Hall–Kier alpha value is -3.20. The molecule has 0 spiro atoms. The van der Waals surface area contributed by atoms with Crippen LogP contribution in [-0.4, -0.2) is 54.3 Å². The van der Waals surface area contributed by atoms with Crippen molar-refractivity contribution in [3.63, 3.8) is 0 Å². The molecular weight excluding hydrogens is 374 g/mol. The number of hydrogen-bond acceptors (Lipinski definition) is 6. The van der Waals surface area contributed by atoms with E-state index in [1.807, 2.05) is 10.9 Å². The third-order valence-electron chi connectivity index (χ3n) is 4.73. The van der Waals surface area contributed by atoms with Crippen LogP contribution in [0.2, 0.25) is 0 Å². The van der Waals surface area contributed by atoms with Gasteiger partial charge >= 0.3 is 5.97 Å². The van der Waals surface area contributed by atoms with Crippen LogP contribution in [0.25, 0.3) is 0 Å². The van der Waals surface area contributed by atoms with Crippen LogP contribution in [0.1, 0.15) is 46.2 Å². The van der Waals surface area contributed by atoms with Crippen molar-refractivity contribution in [1.82, 2.24) is 20.4 Å². The SMILES string of the molecule is COC(=O)CCNC(=O)c1ccc(NC(=O)c2ccn(C3CCCNC3)n2)cc1. The smallest absolute Gasteiger partial charge is 0.307 e. The number of benzene rings is 1. The molecule has 1 saturated heterocycles. The summed E-state index contributed by atoms with van der Waals surface area (Å²) < 4.78 is 6.36. The van der Waals surface area contributed by atoms with E-state index in [-0.39, 0.29) is 36.8 Å². The van der Waals surface area contributed by atoms with E-state index in [4.69, 9.17) is 0 Å². The fourth-order valence-corrected chi connectivity index (χ4v) is 3.10. The molecule has 0 radical (unpaired) electrons. The van der Waals surface area contributed by atoms with Crippen LogP contribution in [0.3, 0.4) is 0 Å². The van der Waals surface area contributed by atoms with Gasteiger partial charge in [-0.05, 0) is 49.7 Å². The first kappa shape index (κ1) is 20.5. The van der Waals surface area contributed by atoms with Gasteiger partial charge in [0.05, 0.1) is 19.6 Å². The number of hydrogen-bond donors (Lipinski definition) is 3. The molecule has 1 aromatic carbocycles. The summed E-state index contributed by atoms with van der Waals surface area (Å²) in [6, 6.07) is 8.48. The lowest BCUT2D eigenvalue weighted by Gasteiger charge is -2.22. The Bertz CT molecular complexity index is 856. The molecule has 1 aliphatic rings. The number of rotatable bonds is 7. The minimum absolute atomic E-state index is 0.111. The number of aromatic nitrogens is 2. The van der Waals surface area contributed by atoms with E-state index < -0.39 is 0 Å². The molecule has 1 atom stereocenters. The number of anilines is 1. The molecule has 2 heterocycles. The van der Waals surface area contributed by atoms with Crippen molar-refractivity contribution in [1.29, 1.82) is 0 Å². The Morgan fingerprint density at radius 2 is 2.00 bits per heavy atom. The Morgan fingerprint density at radius 3 is 2.69 bits per heavy atom.